The summed E-state index contributed by atoms with van der Waals surface area (Å²) in [5.41, 5.74) is 8.85. The molecule has 29 heavy (non-hydrogen) atoms. The van der Waals surface area contributed by atoms with Gasteiger partial charge in [-0.1, -0.05) is 36.8 Å². The second-order valence-corrected chi connectivity index (χ2v) is 7.26. The van der Waals surface area contributed by atoms with Crippen LogP contribution in [0.1, 0.15) is 30.7 Å². The molecular formula is C22H26ClN5O. The lowest BCUT2D eigenvalue weighted by Gasteiger charge is -2.13. The summed E-state index contributed by atoms with van der Waals surface area (Å²) < 4.78 is 2.22. The number of benzene rings is 2. The predicted molar refractivity (Wildman–Crippen MR) is 117 cm³/mol. The molecule has 3 N–H and O–H groups in total. The number of hydrogen-bond donors (Lipinski definition) is 2. The van der Waals surface area contributed by atoms with E-state index in [4.69, 9.17) is 5.73 Å². The third-order valence-electron chi connectivity index (χ3n) is 5.16. The molecular weight excluding hydrogens is 386 g/mol. The number of nitrogens with two attached hydrogens (primary N) is 1. The second-order valence-electron chi connectivity index (χ2n) is 7.26. The molecule has 1 unspecified atom stereocenters. The molecule has 0 bridgehead atoms. The lowest BCUT2D eigenvalue weighted by Crippen LogP contribution is -2.37. The van der Waals surface area contributed by atoms with Gasteiger partial charge in [0.25, 0.3) is 0 Å². The van der Waals surface area contributed by atoms with Crippen LogP contribution in [0.4, 0.5) is 5.69 Å². The highest BCUT2D eigenvalue weighted by atomic mass is 35.5. The van der Waals surface area contributed by atoms with Gasteiger partial charge in [0.05, 0.1) is 6.04 Å². The average Bonchev–Trinajstić information content (AvgIpc) is 2.97. The van der Waals surface area contributed by atoms with Crippen LogP contribution in [-0.2, 0) is 24.2 Å². The molecule has 6 nitrogen and oxygen atoms in total. The van der Waals surface area contributed by atoms with Gasteiger partial charge >= 0.3 is 0 Å². The summed E-state index contributed by atoms with van der Waals surface area (Å²) in [6.45, 7) is 0.963. The highest BCUT2D eigenvalue weighted by Crippen LogP contribution is 2.24. The lowest BCUT2D eigenvalue weighted by atomic mass is 10.1. The topological polar surface area (TPSA) is 85.8 Å². The Labute approximate surface area is 176 Å². The number of aryl methyl sites for hydroxylation is 1. The summed E-state index contributed by atoms with van der Waals surface area (Å²) in [5, 5.41) is 11.6. The van der Waals surface area contributed by atoms with Crippen molar-refractivity contribution in [2.75, 3.05) is 5.32 Å². The molecule has 1 aliphatic heterocycles. The summed E-state index contributed by atoms with van der Waals surface area (Å²) in [6.07, 6.45) is 5.06. The molecule has 0 aliphatic carbocycles. The van der Waals surface area contributed by atoms with Crippen LogP contribution in [0.25, 0.3) is 11.4 Å². The Kier molecular flexibility index (Phi) is 7.01. The average molecular weight is 412 g/mol. The van der Waals surface area contributed by atoms with Crippen LogP contribution >= 0.6 is 12.4 Å². The quantitative estimate of drug-likeness (QED) is 0.671. The summed E-state index contributed by atoms with van der Waals surface area (Å²) >= 11 is 0. The van der Waals surface area contributed by atoms with Gasteiger partial charge in [0.1, 0.15) is 5.82 Å². The standard InChI is InChI=1S/C22H25N5O.ClH/c23-19(15-16-7-3-1-4-8-16)22(28)24-18-12-10-17(11-13-18)21-26-25-20-9-5-2-6-14-27(20)21;/h1,3-4,7-8,10-13,19H,2,5-6,9,14-15,23H2,(H,24,28);1H. The Morgan fingerprint density at radius 2 is 1.79 bits per heavy atom. The summed E-state index contributed by atoms with van der Waals surface area (Å²) in [7, 11) is 0. The third-order valence-corrected chi connectivity index (χ3v) is 5.16. The number of hydrogen-bond acceptors (Lipinski definition) is 4. The monoisotopic (exact) mass is 411 g/mol. The molecule has 0 fully saturated rings. The number of nitrogens with one attached hydrogen (secondary N) is 1. The highest BCUT2D eigenvalue weighted by Gasteiger charge is 2.17. The van der Waals surface area contributed by atoms with E-state index < -0.39 is 6.04 Å². The Bertz CT molecular complexity index is 940. The fourth-order valence-electron chi connectivity index (χ4n) is 3.60. The number of aromatic nitrogens is 3. The van der Waals surface area contributed by atoms with E-state index in [0.717, 1.165) is 47.8 Å². The van der Waals surface area contributed by atoms with Gasteiger partial charge < -0.3 is 15.6 Å². The van der Waals surface area contributed by atoms with Crippen LogP contribution in [0, 0.1) is 0 Å². The number of carbonyl (C=O) groups excluding carboxylic acids is 1. The number of fused-ring (bicyclic) bond motifs is 1. The first kappa shape index (κ1) is 21.0. The van der Waals surface area contributed by atoms with Crippen molar-refractivity contribution in [3.8, 4) is 11.4 Å². The Morgan fingerprint density at radius 3 is 2.55 bits per heavy atom. The van der Waals surface area contributed by atoms with Crippen molar-refractivity contribution in [2.24, 2.45) is 5.73 Å². The van der Waals surface area contributed by atoms with Crippen LogP contribution < -0.4 is 11.1 Å². The van der Waals surface area contributed by atoms with E-state index in [1.165, 1.54) is 12.8 Å². The lowest BCUT2D eigenvalue weighted by molar-refractivity contribution is -0.117. The Balaban J connectivity index is 0.00000240. The number of carbonyl (C=O) groups is 1. The van der Waals surface area contributed by atoms with Gasteiger partial charge in [-0.05, 0) is 49.1 Å². The van der Waals surface area contributed by atoms with E-state index >= 15 is 0 Å². The molecule has 1 atom stereocenters. The third kappa shape index (κ3) is 5.02. The van der Waals surface area contributed by atoms with Gasteiger partial charge in [-0.25, -0.2) is 0 Å². The van der Waals surface area contributed by atoms with Crippen LogP contribution in [0.15, 0.2) is 54.6 Å². The van der Waals surface area contributed by atoms with Crippen LogP contribution in [0.2, 0.25) is 0 Å². The predicted octanol–water partition coefficient (Wildman–Crippen LogP) is 3.60. The molecule has 1 aliphatic rings. The second kappa shape index (κ2) is 9.67. The van der Waals surface area contributed by atoms with E-state index in [-0.39, 0.29) is 18.3 Å². The fourth-order valence-corrected chi connectivity index (χ4v) is 3.60. The van der Waals surface area contributed by atoms with Crippen LogP contribution in [0.3, 0.4) is 0 Å². The van der Waals surface area contributed by atoms with Crippen molar-refractivity contribution in [3.63, 3.8) is 0 Å². The summed E-state index contributed by atoms with van der Waals surface area (Å²) in [4.78, 5) is 12.4. The van der Waals surface area contributed by atoms with Crippen molar-refractivity contribution < 1.29 is 4.79 Å². The Hall–Kier alpha value is -2.70. The molecule has 2 aromatic carbocycles. The van der Waals surface area contributed by atoms with Gasteiger partial charge in [-0.3, -0.25) is 4.79 Å². The Morgan fingerprint density at radius 1 is 1.03 bits per heavy atom. The molecule has 152 valence electrons. The van der Waals surface area contributed by atoms with E-state index in [2.05, 4.69) is 20.1 Å². The molecule has 1 amide bonds. The van der Waals surface area contributed by atoms with E-state index in [1.807, 2.05) is 54.6 Å². The minimum Gasteiger partial charge on any atom is -0.325 e. The molecule has 0 saturated carbocycles. The number of halogens is 1. The maximum Gasteiger partial charge on any atom is 0.241 e. The summed E-state index contributed by atoms with van der Waals surface area (Å²) in [6, 6.07) is 16.9. The molecule has 0 spiro atoms. The van der Waals surface area contributed by atoms with E-state index in [0.29, 0.717) is 6.42 Å². The molecule has 7 heteroatoms. The fraction of sp³-hybridized carbons (Fsp3) is 0.318. The molecule has 3 aromatic rings. The molecule has 0 radical (unpaired) electrons. The first-order chi connectivity index (χ1) is 13.7. The maximum atomic E-state index is 12.4. The minimum absolute atomic E-state index is 0. The zero-order chi connectivity index (χ0) is 19.3. The minimum atomic E-state index is -0.589. The van der Waals surface area contributed by atoms with Gasteiger partial charge in [0, 0.05) is 24.2 Å². The normalized spacial score (nSPS) is 14.2. The molecule has 0 saturated heterocycles. The zero-order valence-corrected chi connectivity index (χ0v) is 17.1. The van der Waals surface area contributed by atoms with Gasteiger partial charge in [-0.2, -0.15) is 0 Å². The molecule has 1 aromatic heterocycles. The van der Waals surface area contributed by atoms with E-state index in [9.17, 15) is 4.79 Å². The highest BCUT2D eigenvalue weighted by molar-refractivity contribution is 5.95. The first-order valence-electron chi connectivity index (χ1n) is 9.83. The van der Waals surface area contributed by atoms with Crippen molar-refractivity contribution >= 4 is 24.0 Å². The van der Waals surface area contributed by atoms with Gasteiger partial charge in [-0.15, -0.1) is 22.6 Å². The van der Waals surface area contributed by atoms with Crippen LogP contribution in [-0.4, -0.2) is 26.7 Å². The van der Waals surface area contributed by atoms with Crippen molar-refractivity contribution in [1.29, 1.82) is 0 Å². The van der Waals surface area contributed by atoms with E-state index in [1.54, 1.807) is 0 Å². The number of anilines is 1. The number of nitrogens with zero attached hydrogens (tertiary/aromatic N) is 3. The number of amides is 1. The van der Waals surface area contributed by atoms with Crippen LogP contribution in [0.5, 0.6) is 0 Å². The smallest absolute Gasteiger partial charge is 0.241 e. The van der Waals surface area contributed by atoms with Crippen molar-refractivity contribution in [2.45, 2.75) is 44.7 Å². The van der Waals surface area contributed by atoms with Gasteiger partial charge in [0.2, 0.25) is 5.91 Å². The largest absolute Gasteiger partial charge is 0.325 e. The zero-order valence-electron chi connectivity index (χ0n) is 16.3. The van der Waals surface area contributed by atoms with Crippen molar-refractivity contribution in [3.05, 3.63) is 66.0 Å². The maximum absolute atomic E-state index is 12.4. The number of rotatable bonds is 5. The summed E-state index contributed by atoms with van der Waals surface area (Å²) in [5.74, 6) is 1.78. The molecule has 4 rings (SSSR count). The first-order valence-corrected chi connectivity index (χ1v) is 9.83. The van der Waals surface area contributed by atoms with Crippen molar-refractivity contribution in [1.82, 2.24) is 14.8 Å². The molecule has 2 heterocycles. The van der Waals surface area contributed by atoms with Gasteiger partial charge in [0.15, 0.2) is 5.82 Å². The SMILES string of the molecule is Cl.NC(Cc1ccccc1)C(=O)Nc1ccc(-c2nnc3n2CCCCC3)cc1.